The highest BCUT2D eigenvalue weighted by Gasteiger charge is 2.12. The van der Waals surface area contributed by atoms with Gasteiger partial charge in [0.2, 0.25) is 11.8 Å². The first-order valence-electron chi connectivity index (χ1n) is 8.14. The maximum absolute atomic E-state index is 12.9. The minimum absolute atomic E-state index is 0.0894. The summed E-state index contributed by atoms with van der Waals surface area (Å²) in [4.78, 5) is 20.0. The predicted molar refractivity (Wildman–Crippen MR) is 94.2 cm³/mol. The van der Waals surface area contributed by atoms with Crippen LogP contribution in [0, 0.1) is 5.95 Å². The minimum atomic E-state index is -0.527. The van der Waals surface area contributed by atoms with Crippen molar-refractivity contribution in [3.63, 3.8) is 0 Å². The number of ether oxygens (including phenoxy) is 1. The normalized spacial score (nSPS) is 10.8. The van der Waals surface area contributed by atoms with Gasteiger partial charge < -0.3 is 9.84 Å². The first kappa shape index (κ1) is 17.8. The van der Waals surface area contributed by atoms with Crippen molar-refractivity contribution in [2.24, 2.45) is 0 Å². The molecule has 0 atom stereocenters. The van der Waals surface area contributed by atoms with Gasteiger partial charge >= 0.3 is 0 Å². The molecule has 0 unspecified atom stereocenters. The van der Waals surface area contributed by atoms with Crippen molar-refractivity contribution in [3.8, 4) is 17.0 Å². The van der Waals surface area contributed by atoms with Gasteiger partial charge in [-0.2, -0.15) is 4.39 Å². The average Bonchev–Trinajstić information content (AvgIpc) is 2.66. The van der Waals surface area contributed by atoms with E-state index >= 15 is 0 Å². The molecule has 0 fully saturated rings. The van der Waals surface area contributed by atoms with Crippen LogP contribution in [0.3, 0.4) is 0 Å². The Morgan fingerprint density at radius 1 is 1.12 bits per heavy atom. The molecular weight excluding hydrogens is 337 g/mol. The van der Waals surface area contributed by atoms with E-state index in [0.717, 1.165) is 16.7 Å². The summed E-state index contributed by atoms with van der Waals surface area (Å²) >= 11 is 0. The van der Waals surface area contributed by atoms with Crippen molar-refractivity contribution in [1.29, 1.82) is 0 Å². The molecule has 26 heavy (non-hydrogen) atoms. The number of halogens is 1. The largest absolute Gasteiger partial charge is 0.493 e. The predicted octanol–water partition coefficient (Wildman–Crippen LogP) is 2.73. The van der Waals surface area contributed by atoms with Crippen molar-refractivity contribution in [2.75, 3.05) is 6.61 Å². The second kappa shape index (κ2) is 7.88. The Labute approximate surface area is 149 Å². The van der Waals surface area contributed by atoms with Gasteiger partial charge in [-0.1, -0.05) is 24.3 Å². The van der Waals surface area contributed by atoms with Crippen LogP contribution in [0.5, 0.6) is 5.88 Å². The second-order valence-electron chi connectivity index (χ2n) is 5.69. The van der Waals surface area contributed by atoms with Crippen LogP contribution in [0.2, 0.25) is 0 Å². The lowest BCUT2D eigenvalue weighted by Crippen LogP contribution is -2.25. The highest BCUT2D eigenvalue weighted by molar-refractivity contribution is 5.62. The van der Waals surface area contributed by atoms with E-state index in [1.54, 1.807) is 6.07 Å². The van der Waals surface area contributed by atoms with Crippen LogP contribution in [0.4, 0.5) is 4.39 Å². The van der Waals surface area contributed by atoms with Crippen LogP contribution in [-0.4, -0.2) is 26.2 Å². The van der Waals surface area contributed by atoms with E-state index in [4.69, 9.17) is 4.74 Å². The van der Waals surface area contributed by atoms with Gasteiger partial charge in [-0.15, -0.1) is 0 Å². The third kappa shape index (κ3) is 3.94. The summed E-state index contributed by atoms with van der Waals surface area (Å²) in [5, 5.41) is 9.95. The zero-order chi connectivity index (χ0) is 18.5. The zero-order valence-corrected chi connectivity index (χ0v) is 14.2. The van der Waals surface area contributed by atoms with Crippen LogP contribution < -0.4 is 5.56 Å². The summed E-state index contributed by atoms with van der Waals surface area (Å²) in [5.41, 5.74) is 2.39. The fourth-order valence-corrected chi connectivity index (χ4v) is 2.53. The number of hydrogen-bond donors (Lipinski definition) is 1. The first-order chi connectivity index (χ1) is 12.6. The molecule has 0 spiro atoms. The van der Waals surface area contributed by atoms with Crippen LogP contribution >= 0.6 is 0 Å². The maximum atomic E-state index is 12.9. The number of rotatable bonds is 6. The Balaban J connectivity index is 1.83. The number of hydrogen-bond acceptors (Lipinski definition) is 5. The van der Waals surface area contributed by atoms with E-state index in [-0.39, 0.29) is 30.2 Å². The Morgan fingerprint density at radius 2 is 1.85 bits per heavy atom. The molecule has 0 radical (unpaired) electrons. The third-order valence-electron chi connectivity index (χ3n) is 3.94. The van der Waals surface area contributed by atoms with E-state index in [9.17, 15) is 14.3 Å². The van der Waals surface area contributed by atoms with Crippen molar-refractivity contribution < 1.29 is 14.2 Å². The zero-order valence-electron chi connectivity index (χ0n) is 14.2. The van der Waals surface area contributed by atoms with Crippen molar-refractivity contribution in [1.82, 2.24) is 14.5 Å². The molecule has 2 heterocycles. The van der Waals surface area contributed by atoms with Crippen molar-refractivity contribution >= 4 is 0 Å². The lowest BCUT2D eigenvalue weighted by atomic mass is 10.0. The molecule has 0 saturated heterocycles. The molecule has 1 N–H and O–H groups in total. The smallest absolute Gasteiger partial charge is 0.262 e. The Kier molecular flexibility index (Phi) is 5.38. The molecule has 1 aromatic carbocycles. The van der Waals surface area contributed by atoms with Crippen molar-refractivity contribution in [2.45, 2.75) is 20.1 Å². The fourth-order valence-electron chi connectivity index (χ4n) is 2.53. The molecule has 3 aromatic rings. The lowest BCUT2D eigenvalue weighted by molar-refractivity contribution is 0.0841. The van der Waals surface area contributed by atoms with Crippen LogP contribution in [0.15, 0.2) is 53.7 Å². The Bertz CT molecular complexity index is 938. The molecule has 2 aromatic heterocycles. The standard InChI is InChI=1S/C19H18FN3O3/c1-2-26-12-23-11-22-18(24)16(19(23)25)9-13-3-5-14(6-4-13)15-7-8-17(20)21-10-15/h3-8,10-11,24H,2,9,12H2,1H3. The van der Waals surface area contributed by atoms with Gasteiger partial charge in [-0.25, -0.2) is 9.97 Å². The summed E-state index contributed by atoms with van der Waals surface area (Å²) in [6.45, 7) is 2.40. The fraction of sp³-hybridized carbons (Fsp3) is 0.211. The molecule has 0 saturated carbocycles. The van der Waals surface area contributed by atoms with Gasteiger partial charge in [0.05, 0.1) is 5.56 Å². The maximum Gasteiger partial charge on any atom is 0.262 e. The van der Waals surface area contributed by atoms with E-state index < -0.39 is 5.95 Å². The van der Waals surface area contributed by atoms with E-state index in [1.165, 1.54) is 23.2 Å². The molecule has 3 rings (SSSR count). The monoisotopic (exact) mass is 355 g/mol. The number of nitrogens with zero attached hydrogens (tertiary/aromatic N) is 3. The van der Waals surface area contributed by atoms with Gasteiger partial charge in [0.25, 0.3) is 5.56 Å². The van der Waals surface area contributed by atoms with Crippen LogP contribution in [-0.2, 0) is 17.9 Å². The Morgan fingerprint density at radius 3 is 2.50 bits per heavy atom. The van der Waals surface area contributed by atoms with Crippen LogP contribution in [0.1, 0.15) is 18.1 Å². The van der Waals surface area contributed by atoms with E-state index in [1.807, 2.05) is 31.2 Å². The average molecular weight is 355 g/mol. The van der Waals surface area contributed by atoms with E-state index in [2.05, 4.69) is 9.97 Å². The summed E-state index contributed by atoms with van der Waals surface area (Å²) < 4.78 is 19.5. The van der Waals surface area contributed by atoms with Gasteiger partial charge in [-0.3, -0.25) is 9.36 Å². The summed E-state index contributed by atoms with van der Waals surface area (Å²) in [7, 11) is 0. The topological polar surface area (TPSA) is 77.2 Å². The summed E-state index contributed by atoms with van der Waals surface area (Å²) in [6.07, 6.45) is 2.97. The van der Waals surface area contributed by atoms with Gasteiger partial charge in [-0.05, 0) is 30.2 Å². The molecule has 0 aliphatic rings. The minimum Gasteiger partial charge on any atom is -0.493 e. The SMILES string of the molecule is CCOCn1cnc(O)c(Cc2ccc(-c3ccc(F)nc3)cc2)c1=O. The number of pyridine rings is 1. The first-order valence-corrected chi connectivity index (χ1v) is 8.14. The van der Waals surface area contributed by atoms with Gasteiger partial charge in [0, 0.05) is 24.8 Å². The number of aromatic nitrogens is 3. The molecule has 0 aliphatic carbocycles. The molecule has 7 heteroatoms. The van der Waals surface area contributed by atoms with Crippen LogP contribution in [0.25, 0.3) is 11.1 Å². The Hall–Kier alpha value is -3.06. The molecule has 6 nitrogen and oxygen atoms in total. The summed E-state index contributed by atoms with van der Waals surface area (Å²) in [6, 6.07) is 10.4. The van der Waals surface area contributed by atoms with Gasteiger partial charge in [0.1, 0.15) is 13.1 Å². The second-order valence-corrected chi connectivity index (χ2v) is 5.69. The quantitative estimate of drug-likeness (QED) is 0.688. The molecule has 0 amide bonds. The number of benzene rings is 1. The molecule has 134 valence electrons. The molecular formula is C19H18FN3O3. The third-order valence-corrected chi connectivity index (χ3v) is 3.94. The highest BCUT2D eigenvalue weighted by Crippen LogP contribution is 2.21. The van der Waals surface area contributed by atoms with Gasteiger partial charge in [0.15, 0.2) is 0 Å². The van der Waals surface area contributed by atoms with Crippen molar-refractivity contribution in [3.05, 3.63) is 76.4 Å². The van der Waals surface area contributed by atoms with E-state index in [0.29, 0.717) is 6.61 Å². The summed E-state index contributed by atoms with van der Waals surface area (Å²) in [5.74, 6) is -0.810. The molecule has 0 bridgehead atoms. The number of aromatic hydroxyl groups is 1. The lowest BCUT2D eigenvalue weighted by Gasteiger charge is -2.09. The molecule has 0 aliphatic heterocycles. The highest BCUT2D eigenvalue weighted by atomic mass is 19.1.